The zero-order chi connectivity index (χ0) is 26.1. The number of para-hydroxylation sites is 3. The van der Waals surface area contributed by atoms with Gasteiger partial charge < -0.3 is 15.5 Å². The molecule has 188 valence electrons. The number of hydrogen-bond donors (Lipinski definition) is 2. The third-order valence-electron chi connectivity index (χ3n) is 7.19. The van der Waals surface area contributed by atoms with Gasteiger partial charge in [-0.3, -0.25) is 4.79 Å². The van der Waals surface area contributed by atoms with Crippen LogP contribution in [0.15, 0.2) is 120 Å². The summed E-state index contributed by atoms with van der Waals surface area (Å²) < 4.78 is 14.0. The van der Waals surface area contributed by atoms with Crippen LogP contribution in [-0.2, 0) is 4.79 Å². The number of hydrogen-bond acceptors (Lipinski definition) is 3. The van der Waals surface area contributed by atoms with Crippen molar-refractivity contribution in [1.29, 1.82) is 0 Å². The van der Waals surface area contributed by atoms with Crippen LogP contribution in [-0.4, -0.2) is 10.9 Å². The minimum Gasteiger partial charge on any atom is -0.357 e. The van der Waals surface area contributed by atoms with Crippen molar-refractivity contribution in [2.45, 2.75) is 24.8 Å². The van der Waals surface area contributed by atoms with Crippen LogP contribution in [0.1, 0.15) is 35.9 Å². The number of ketones is 1. The standard InChI is InChI=1S/C32H26FN3OS/c33-24-17-15-22(16-18-24)31-30-27(19-23(20-29(30)37)21-9-3-1-4-10-21)35-26-13-7-8-14-28(26)36(31)32(38)34-25-11-5-2-6-12-25/h1-18,23,31,35H,19-20H2,(H,34,38)/t23-,31-/m0/s1. The Labute approximate surface area is 226 Å². The van der Waals surface area contributed by atoms with Gasteiger partial charge in [-0.1, -0.05) is 72.8 Å². The van der Waals surface area contributed by atoms with E-state index in [9.17, 15) is 9.18 Å². The predicted molar refractivity (Wildman–Crippen MR) is 155 cm³/mol. The topological polar surface area (TPSA) is 44.4 Å². The fourth-order valence-electron chi connectivity index (χ4n) is 5.44. The quantitative estimate of drug-likeness (QED) is 0.273. The van der Waals surface area contributed by atoms with Crippen LogP contribution in [0.4, 0.5) is 21.5 Å². The molecule has 0 bridgehead atoms. The van der Waals surface area contributed by atoms with Gasteiger partial charge in [0.25, 0.3) is 0 Å². The van der Waals surface area contributed by atoms with Gasteiger partial charge in [-0.25, -0.2) is 4.39 Å². The zero-order valence-electron chi connectivity index (χ0n) is 20.6. The number of anilines is 3. The Kier molecular flexibility index (Phi) is 6.48. The highest BCUT2D eigenvalue weighted by molar-refractivity contribution is 7.80. The predicted octanol–water partition coefficient (Wildman–Crippen LogP) is 7.60. The molecule has 0 spiro atoms. The molecule has 2 aliphatic rings. The van der Waals surface area contributed by atoms with E-state index in [0.29, 0.717) is 23.5 Å². The Morgan fingerprint density at radius 2 is 1.47 bits per heavy atom. The van der Waals surface area contributed by atoms with Gasteiger partial charge in [-0.05, 0) is 72.1 Å². The summed E-state index contributed by atoms with van der Waals surface area (Å²) in [6.45, 7) is 0. The SMILES string of the molecule is O=C1C[C@@H](c2ccccc2)CC2=C1[C@H](c1ccc(F)cc1)N(C(=S)Nc1ccccc1)c1ccccc1N2. The second kappa shape index (κ2) is 10.2. The summed E-state index contributed by atoms with van der Waals surface area (Å²) in [5.74, 6) is -0.204. The molecule has 38 heavy (non-hydrogen) atoms. The Balaban J connectivity index is 1.52. The third-order valence-corrected chi connectivity index (χ3v) is 7.49. The second-order valence-electron chi connectivity index (χ2n) is 9.59. The van der Waals surface area contributed by atoms with E-state index < -0.39 is 6.04 Å². The maximum Gasteiger partial charge on any atom is 0.178 e. The van der Waals surface area contributed by atoms with Crippen LogP contribution < -0.4 is 15.5 Å². The average Bonchev–Trinajstić information content (AvgIpc) is 3.09. The smallest absolute Gasteiger partial charge is 0.178 e. The van der Waals surface area contributed by atoms with Crippen molar-refractivity contribution < 1.29 is 9.18 Å². The van der Waals surface area contributed by atoms with Crippen LogP contribution in [0.2, 0.25) is 0 Å². The van der Waals surface area contributed by atoms with Crippen molar-refractivity contribution in [1.82, 2.24) is 0 Å². The van der Waals surface area contributed by atoms with E-state index in [0.717, 1.165) is 33.9 Å². The zero-order valence-corrected chi connectivity index (χ0v) is 21.4. The molecule has 1 heterocycles. The fourth-order valence-corrected chi connectivity index (χ4v) is 5.76. The molecule has 2 N–H and O–H groups in total. The average molecular weight is 520 g/mol. The molecule has 0 aromatic heterocycles. The lowest BCUT2D eigenvalue weighted by Crippen LogP contribution is -2.40. The first-order valence-electron chi connectivity index (χ1n) is 12.7. The number of allylic oxidation sites excluding steroid dienone is 1. The van der Waals surface area contributed by atoms with Gasteiger partial charge in [0.15, 0.2) is 10.9 Å². The van der Waals surface area contributed by atoms with Crippen LogP contribution in [0.3, 0.4) is 0 Å². The Hall–Kier alpha value is -4.29. The summed E-state index contributed by atoms with van der Waals surface area (Å²) in [6.07, 6.45) is 1.08. The summed E-state index contributed by atoms with van der Waals surface area (Å²) >= 11 is 6.01. The number of carbonyl (C=O) groups excluding carboxylic acids is 1. The monoisotopic (exact) mass is 519 g/mol. The molecule has 0 saturated carbocycles. The summed E-state index contributed by atoms with van der Waals surface area (Å²) in [5.41, 5.74) is 6.03. The van der Waals surface area contributed by atoms with Crippen LogP contribution >= 0.6 is 12.2 Å². The van der Waals surface area contributed by atoms with E-state index in [4.69, 9.17) is 12.2 Å². The largest absolute Gasteiger partial charge is 0.357 e. The van der Waals surface area contributed by atoms with E-state index in [1.807, 2.05) is 77.7 Å². The number of rotatable bonds is 3. The first-order valence-corrected chi connectivity index (χ1v) is 13.1. The minimum absolute atomic E-state index is 0.0576. The van der Waals surface area contributed by atoms with Crippen molar-refractivity contribution in [3.8, 4) is 0 Å². The summed E-state index contributed by atoms with van der Waals surface area (Å²) in [6, 6.07) is 33.6. The molecule has 1 aliphatic carbocycles. The molecule has 6 heteroatoms. The van der Waals surface area contributed by atoms with E-state index in [1.165, 1.54) is 12.1 Å². The highest BCUT2D eigenvalue weighted by Crippen LogP contribution is 2.47. The Bertz CT molecular complexity index is 1520. The summed E-state index contributed by atoms with van der Waals surface area (Å²) in [4.78, 5) is 16.0. The molecule has 1 aliphatic heterocycles. The maximum atomic E-state index is 14.0. The molecule has 0 saturated heterocycles. The van der Waals surface area contributed by atoms with Crippen LogP contribution in [0.5, 0.6) is 0 Å². The lowest BCUT2D eigenvalue weighted by Gasteiger charge is -2.36. The van der Waals surface area contributed by atoms with Gasteiger partial charge in [0.05, 0.1) is 17.4 Å². The summed E-state index contributed by atoms with van der Waals surface area (Å²) in [7, 11) is 0. The van der Waals surface area contributed by atoms with E-state index in [1.54, 1.807) is 12.1 Å². The van der Waals surface area contributed by atoms with Gasteiger partial charge in [0, 0.05) is 23.4 Å². The minimum atomic E-state index is -0.533. The van der Waals surface area contributed by atoms with E-state index >= 15 is 0 Å². The number of benzene rings is 4. The van der Waals surface area contributed by atoms with Crippen molar-refractivity contribution >= 4 is 40.2 Å². The third kappa shape index (κ3) is 4.59. The maximum absolute atomic E-state index is 14.0. The first-order chi connectivity index (χ1) is 18.6. The van der Waals surface area contributed by atoms with Gasteiger partial charge >= 0.3 is 0 Å². The van der Waals surface area contributed by atoms with E-state index in [2.05, 4.69) is 22.8 Å². The van der Waals surface area contributed by atoms with E-state index in [-0.39, 0.29) is 17.5 Å². The molecule has 0 radical (unpaired) electrons. The number of carbonyl (C=O) groups is 1. The molecule has 2 atom stereocenters. The Morgan fingerprint density at radius 3 is 2.21 bits per heavy atom. The highest BCUT2D eigenvalue weighted by Gasteiger charge is 2.40. The van der Waals surface area contributed by atoms with Gasteiger partial charge in [-0.2, -0.15) is 0 Å². The molecule has 0 unspecified atom stereocenters. The van der Waals surface area contributed by atoms with Crippen molar-refractivity contribution in [3.63, 3.8) is 0 Å². The van der Waals surface area contributed by atoms with Crippen molar-refractivity contribution in [3.05, 3.63) is 137 Å². The number of Topliss-reactive ketones (excluding diaryl/α,β-unsaturated/α-hetero) is 1. The molecule has 0 amide bonds. The number of halogens is 1. The second-order valence-corrected chi connectivity index (χ2v) is 9.98. The van der Waals surface area contributed by atoms with Gasteiger partial charge in [0.2, 0.25) is 0 Å². The van der Waals surface area contributed by atoms with Crippen molar-refractivity contribution in [2.24, 2.45) is 0 Å². The Morgan fingerprint density at radius 1 is 0.816 bits per heavy atom. The lowest BCUT2D eigenvalue weighted by atomic mass is 9.78. The highest BCUT2D eigenvalue weighted by atomic mass is 32.1. The summed E-state index contributed by atoms with van der Waals surface area (Å²) in [5, 5.41) is 7.42. The van der Waals surface area contributed by atoms with Crippen LogP contribution in [0, 0.1) is 5.82 Å². The molecule has 0 fully saturated rings. The molecule has 4 aromatic rings. The number of nitrogens with one attached hydrogen (secondary N) is 2. The van der Waals surface area contributed by atoms with Gasteiger partial charge in [-0.15, -0.1) is 0 Å². The molecular weight excluding hydrogens is 493 g/mol. The fraction of sp³-hybridized carbons (Fsp3) is 0.125. The number of nitrogens with zero attached hydrogens (tertiary/aromatic N) is 1. The van der Waals surface area contributed by atoms with Gasteiger partial charge in [0.1, 0.15) is 5.82 Å². The van der Waals surface area contributed by atoms with Crippen molar-refractivity contribution in [2.75, 3.05) is 15.5 Å². The molecule has 4 aromatic carbocycles. The lowest BCUT2D eigenvalue weighted by molar-refractivity contribution is -0.116. The molecule has 6 rings (SSSR count). The number of thiocarbonyl (C=S) groups is 1. The number of fused-ring (bicyclic) bond motifs is 1. The molecule has 4 nitrogen and oxygen atoms in total. The first kappa shape index (κ1) is 24.1. The normalized spacial score (nSPS) is 18.7. The molecular formula is C32H26FN3OS. The van der Waals surface area contributed by atoms with Crippen LogP contribution in [0.25, 0.3) is 0 Å².